The lowest BCUT2D eigenvalue weighted by atomic mass is 10.1. The summed E-state index contributed by atoms with van der Waals surface area (Å²) < 4.78 is 0. The second-order valence-corrected chi connectivity index (χ2v) is 4.62. The number of carbonyl (C=O) groups excluding carboxylic acids is 1. The number of hydrogen-bond donors (Lipinski definition) is 0. The molecule has 0 fully saturated rings. The van der Waals surface area contributed by atoms with Crippen molar-refractivity contribution >= 4 is 17.3 Å². The normalized spacial score (nSPS) is 13.8. The first-order valence-corrected chi connectivity index (χ1v) is 6.55. The Morgan fingerprint density at radius 1 is 1.23 bits per heavy atom. The molecule has 1 aromatic carbocycles. The molecule has 0 saturated carbocycles. The van der Waals surface area contributed by atoms with E-state index in [4.69, 9.17) is 0 Å². The molecule has 1 aromatic heterocycles. The average Bonchev–Trinajstić information content (AvgIpc) is 3.05. The Kier molecular flexibility index (Phi) is 3.57. The number of rotatable bonds is 3. The number of benzene rings is 1. The molecule has 2 aromatic rings. The van der Waals surface area contributed by atoms with E-state index in [-0.39, 0.29) is 17.3 Å². The molecule has 0 atom stereocenters. The number of non-ortho nitro benzene ring substituents is 1. The summed E-state index contributed by atoms with van der Waals surface area (Å²) in [4.78, 5) is 30.2. The van der Waals surface area contributed by atoms with Gasteiger partial charge in [0.1, 0.15) is 5.69 Å². The van der Waals surface area contributed by atoms with Gasteiger partial charge in [-0.1, -0.05) is 0 Å². The number of nitro groups is 1. The van der Waals surface area contributed by atoms with Gasteiger partial charge in [-0.2, -0.15) is 5.10 Å². The van der Waals surface area contributed by atoms with E-state index in [0.717, 1.165) is 5.56 Å². The molecule has 1 amide bonds. The van der Waals surface area contributed by atoms with Crippen LogP contribution in [-0.4, -0.2) is 38.1 Å². The van der Waals surface area contributed by atoms with Crippen LogP contribution in [0, 0.1) is 10.1 Å². The van der Waals surface area contributed by atoms with Crippen molar-refractivity contribution in [2.24, 2.45) is 5.10 Å². The van der Waals surface area contributed by atoms with Crippen LogP contribution in [-0.2, 0) is 0 Å². The number of nitrogens with zero attached hydrogens (tertiary/aromatic N) is 5. The van der Waals surface area contributed by atoms with Crippen molar-refractivity contribution in [2.75, 3.05) is 6.54 Å². The monoisotopic (exact) mass is 297 g/mol. The van der Waals surface area contributed by atoms with Crippen LogP contribution >= 0.6 is 0 Å². The van der Waals surface area contributed by atoms with Gasteiger partial charge in [0.15, 0.2) is 0 Å². The molecule has 3 rings (SSSR count). The van der Waals surface area contributed by atoms with E-state index in [1.165, 1.54) is 35.7 Å². The molecule has 1 aliphatic heterocycles. The summed E-state index contributed by atoms with van der Waals surface area (Å²) in [6, 6.07) is 6.11. The van der Waals surface area contributed by atoms with Crippen molar-refractivity contribution in [1.82, 2.24) is 15.0 Å². The lowest BCUT2D eigenvalue weighted by Crippen LogP contribution is -2.24. The summed E-state index contributed by atoms with van der Waals surface area (Å²) in [6.07, 6.45) is 4.92. The SMILES string of the molecule is O=C(c1cnccn1)N1CCC(c2ccc([N+](=O)[O-])cc2)=N1. The van der Waals surface area contributed by atoms with Gasteiger partial charge >= 0.3 is 0 Å². The number of amides is 1. The van der Waals surface area contributed by atoms with Crippen molar-refractivity contribution < 1.29 is 9.72 Å². The zero-order valence-electron chi connectivity index (χ0n) is 11.4. The van der Waals surface area contributed by atoms with Crippen LogP contribution in [0.15, 0.2) is 48.0 Å². The number of nitro benzene ring substituents is 1. The summed E-state index contributed by atoms with van der Waals surface area (Å²) >= 11 is 0. The van der Waals surface area contributed by atoms with E-state index in [1.807, 2.05) is 0 Å². The lowest BCUT2D eigenvalue weighted by Gasteiger charge is -2.09. The highest BCUT2D eigenvalue weighted by atomic mass is 16.6. The maximum Gasteiger partial charge on any atom is 0.294 e. The summed E-state index contributed by atoms with van der Waals surface area (Å²) in [6.45, 7) is 0.446. The third kappa shape index (κ3) is 2.66. The quantitative estimate of drug-likeness (QED) is 0.633. The largest absolute Gasteiger partial charge is 0.294 e. The molecule has 110 valence electrons. The van der Waals surface area contributed by atoms with Crippen molar-refractivity contribution in [1.29, 1.82) is 0 Å². The fraction of sp³-hybridized carbons (Fsp3) is 0.143. The van der Waals surface area contributed by atoms with Gasteiger partial charge in [0.25, 0.3) is 11.6 Å². The highest BCUT2D eigenvalue weighted by molar-refractivity contribution is 6.04. The van der Waals surface area contributed by atoms with Gasteiger partial charge in [-0.05, 0) is 17.7 Å². The molecule has 22 heavy (non-hydrogen) atoms. The molecular weight excluding hydrogens is 286 g/mol. The van der Waals surface area contributed by atoms with E-state index >= 15 is 0 Å². The minimum atomic E-state index is -0.454. The molecule has 0 spiro atoms. The molecule has 8 nitrogen and oxygen atoms in total. The minimum Gasteiger partial charge on any atom is -0.265 e. The van der Waals surface area contributed by atoms with Gasteiger partial charge in [0.2, 0.25) is 0 Å². The summed E-state index contributed by atoms with van der Waals surface area (Å²) in [5.41, 5.74) is 1.73. The van der Waals surface area contributed by atoms with E-state index in [1.54, 1.807) is 12.1 Å². The topological polar surface area (TPSA) is 102 Å². The Hall–Kier alpha value is -3.16. The van der Waals surface area contributed by atoms with Crippen LogP contribution < -0.4 is 0 Å². The van der Waals surface area contributed by atoms with Crippen LogP contribution in [0.5, 0.6) is 0 Å². The minimum absolute atomic E-state index is 0.0230. The van der Waals surface area contributed by atoms with Gasteiger partial charge in [0.05, 0.1) is 23.4 Å². The summed E-state index contributed by atoms with van der Waals surface area (Å²) in [5, 5.41) is 16.2. The number of aromatic nitrogens is 2. The Morgan fingerprint density at radius 3 is 2.64 bits per heavy atom. The maximum absolute atomic E-state index is 12.2. The van der Waals surface area contributed by atoms with Crippen LogP contribution in [0.25, 0.3) is 0 Å². The fourth-order valence-corrected chi connectivity index (χ4v) is 2.12. The number of hydrogen-bond acceptors (Lipinski definition) is 6. The van der Waals surface area contributed by atoms with Gasteiger partial charge in [-0.25, -0.2) is 9.99 Å². The predicted molar refractivity (Wildman–Crippen MR) is 77.3 cm³/mol. The second kappa shape index (κ2) is 5.68. The first-order valence-electron chi connectivity index (χ1n) is 6.55. The zero-order chi connectivity index (χ0) is 15.5. The standard InChI is InChI=1S/C14H11N5O3/c20-14(13-9-15-6-7-16-13)18-8-5-12(17-18)10-1-3-11(4-2-10)19(21)22/h1-4,6-7,9H,5,8H2. The Labute approximate surface area is 125 Å². The smallest absolute Gasteiger partial charge is 0.265 e. The van der Waals surface area contributed by atoms with Gasteiger partial charge < -0.3 is 0 Å². The predicted octanol–water partition coefficient (Wildman–Crippen LogP) is 1.64. The van der Waals surface area contributed by atoms with Crippen LogP contribution in [0.3, 0.4) is 0 Å². The molecule has 0 aliphatic carbocycles. The molecular formula is C14H11N5O3. The first-order chi connectivity index (χ1) is 10.6. The van der Waals surface area contributed by atoms with E-state index < -0.39 is 4.92 Å². The molecule has 0 N–H and O–H groups in total. The lowest BCUT2D eigenvalue weighted by molar-refractivity contribution is -0.384. The Balaban J connectivity index is 1.79. The second-order valence-electron chi connectivity index (χ2n) is 4.62. The van der Waals surface area contributed by atoms with Crippen LogP contribution in [0.1, 0.15) is 22.5 Å². The Bertz CT molecular complexity index is 743. The maximum atomic E-state index is 12.2. The molecule has 0 saturated heterocycles. The zero-order valence-corrected chi connectivity index (χ0v) is 11.4. The molecule has 0 bridgehead atoms. The highest BCUT2D eigenvalue weighted by Gasteiger charge is 2.23. The third-order valence-electron chi connectivity index (χ3n) is 3.23. The molecule has 1 aliphatic rings. The van der Waals surface area contributed by atoms with Crippen molar-refractivity contribution in [3.05, 3.63) is 64.2 Å². The third-order valence-corrected chi connectivity index (χ3v) is 3.23. The van der Waals surface area contributed by atoms with Gasteiger partial charge in [-0.15, -0.1) is 0 Å². The average molecular weight is 297 g/mol. The van der Waals surface area contributed by atoms with Crippen molar-refractivity contribution in [3.63, 3.8) is 0 Å². The van der Waals surface area contributed by atoms with Gasteiger partial charge in [-0.3, -0.25) is 19.9 Å². The fourth-order valence-electron chi connectivity index (χ4n) is 2.12. The van der Waals surface area contributed by atoms with E-state index in [2.05, 4.69) is 15.1 Å². The first kappa shape index (κ1) is 13.8. The van der Waals surface area contributed by atoms with Crippen molar-refractivity contribution in [3.8, 4) is 0 Å². The molecule has 2 heterocycles. The van der Waals surface area contributed by atoms with E-state index in [9.17, 15) is 14.9 Å². The Morgan fingerprint density at radius 2 is 2.00 bits per heavy atom. The van der Waals surface area contributed by atoms with E-state index in [0.29, 0.717) is 18.7 Å². The summed E-state index contributed by atoms with van der Waals surface area (Å²) in [5.74, 6) is -0.315. The van der Waals surface area contributed by atoms with Crippen LogP contribution in [0.4, 0.5) is 5.69 Å². The number of hydrazone groups is 1. The number of carbonyl (C=O) groups is 1. The molecule has 0 radical (unpaired) electrons. The van der Waals surface area contributed by atoms with Crippen molar-refractivity contribution in [2.45, 2.75) is 6.42 Å². The van der Waals surface area contributed by atoms with Gasteiger partial charge in [0, 0.05) is 30.9 Å². The highest BCUT2D eigenvalue weighted by Crippen LogP contribution is 2.18. The van der Waals surface area contributed by atoms with Crippen LogP contribution in [0.2, 0.25) is 0 Å². The summed E-state index contributed by atoms with van der Waals surface area (Å²) in [7, 11) is 0. The molecule has 0 unspecified atom stereocenters. The molecule has 8 heteroatoms.